The van der Waals surface area contributed by atoms with Gasteiger partial charge in [0.1, 0.15) is 0 Å². The van der Waals surface area contributed by atoms with Crippen molar-refractivity contribution in [3.8, 4) is 0 Å². The maximum atomic E-state index is 5.35. The molecule has 20 heavy (non-hydrogen) atoms. The number of anilines is 1. The summed E-state index contributed by atoms with van der Waals surface area (Å²) in [7, 11) is 3.38. The summed E-state index contributed by atoms with van der Waals surface area (Å²) < 4.78 is 10.5. The molecule has 0 bridgehead atoms. The number of rotatable bonds is 10. The molecule has 5 nitrogen and oxygen atoms in total. The number of ether oxygens (including phenoxy) is 2. The molecule has 0 aliphatic rings. The van der Waals surface area contributed by atoms with Gasteiger partial charge in [-0.15, -0.1) is 0 Å². The van der Waals surface area contributed by atoms with Gasteiger partial charge in [-0.05, 0) is 18.5 Å². The van der Waals surface area contributed by atoms with E-state index in [2.05, 4.69) is 29.5 Å². The van der Waals surface area contributed by atoms with Gasteiger partial charge in [0.15, 0.2) is 0 Å². The Morgan fingerprint density at radius 1 is 1.25 bits per heavy atom. The van der Waals surface area contributed by atoms with Gasteiger partial charge in [0.25, 0.3) is 0 Å². The van der Waals surface area contributed by atoms with E-state index < -0.39 is 0 Å². The fourth-order valence-corrected chi connectivity index (χ4v) is 1.86. The lowest BCUT2D eigenvalue weighted by molar-refractivity contribution is 0.0365. The van der Waals surface area contributed by atoms with Gasteiger partial charge in [0.2, 0.25) is 0 Å². The summed E-state index contributed by atoms with van der Waals surface area (Å²) in [6.45, 7) is 7.50. The Balaban J connectivity index is 2.51. The smallest absolute Gasteiger partial charge is 0.0976 e. The van der Waals surface area contributed by atoms with Crippen molar-refractivity contribution in [2.75, 3.05) is 39.2 Å². The standard InChI is InChI=1S/C15H27N3O2/c1-12(2)7-17-9-13-8-16-6-5-15(13)18-10-14(20-4)11-19-3/h5-6,8,12,14,17H,7,9-11H2,1-4H3,(H,16,18). The topological polar surface area (TPSA) is 55.4 Å². The summed E-state index contributed by atoms with van der Waals surface area (Å²) in [5.41, 5.74) is 2.26. The molecule has 0 saturated heterocycles. The first-order chi connectivity index (χ1) is 9.67. The average molecular weight is 281 g/mol. The van der Waals surface area contributed by atoms with Crippen LogP contribution in [0.5, 0.6) is 0 Å². The van der Waals surface area contributed by atoms with Crippen molar-refractivity contribution >= 4 is 5.69 Å². The van der Waals surface area contributed by atoms with Crippen LogP contribution in [0.2, 0.25) is 0 Å². The van der Waals surface area contributed by atoms with Crippen LogP contribution >= 0.6 is 0 Å². The maximum absolute atomic E-state index is 5.35. The first kappa shape index (κ1) is 16.9. The van der Waals surface area contributed by atoms with Gasteiger partial charge < -0.3 is 20.1 Å². The van der Waals surface area contributed by atoms with Crippen molar-refractivity contribution in [1.82, 2.24) is 10.3 Å². The van der Waals surface area contributed by atoms with Crippen molar-refractivity contribution < 1.29 is 9.47 Å². The van der Waals surface area contributed by atoms with Gasteiger partial charge in [-0.1, -0.05) is 13.8 Å². The normalized spacial score (nSPS) is 12.7. The van der Waals surface area contributed by atoms with E-state index in [4.69, 9.17) is 9.47 Å². The number of methoxy groups -OCH3 is 2. The second kappa shape index (κ2) is 9.69. The van der Waals surface area contributed by atoms with E-state index in [1.807, 2.05) is 12.3 Å². The molecular weight excluding hydrogens is 254 g/mol. The van der Waals surface area contributed by atoms with E-state index in [-0.39, 0.29) is 6.10 Å². The molecule has 0 aliphatic heterocycles. The first-order valence-corrected chi connectivity index (χ1v) is 7.06. The van der Waals surface area contributed by atoms with Crippen LogP contribution < -0.4 is 10.6 Å². The lowest BCUT2D eigenvalue weighted by Gasteiger charge is -2.18. The van der Waals surface area contributed by atoms with Crippen LogP contribution in [0.15, 0.2) is 18.5 Å². The van der Waals surface area contributed by atoms with Crippen molar-refractivity contribution in [3.63, 3.8) is 0 Å². The molecule has 1 rings (SSSR count). The van der Waals surface area contributed by atoms with Gasteiger partial charge >= 0.3 is 0 Å². The fourth-order valence-electron chi connectivity index (χ4n) is 1.86. The van der Waals surface area contributed by atoms with E-state index in [1.54, 1.807) is 20.4 Å². The summed E-state index contributed by atoms with van der Waals surface area (Å²) >= 11 is 0. The second-order valence-corrected chi connectivity index (χ2v) is 5.25. The minimum atomic E-state index is 0.0460. The van der Waals surface area contributed by atoms with Crippen LogP contribution in [0.4, 0.5) is 5.69 Å². The minimum Gasteiger partial charge on any atom is -0.382 e. The highest BCUT2D eigenvalue weighted by molar-refractivity contribution is 5.49. The Morgan fingerprint density at radius 3 is 2.70 bits per heavy atom. The Hall–Kier alpha value is -1.17. The minimum absolute atomic E-state index is 0.0460. The fraction of sp³-hybridized carbons (Fsp3) is 0.667. The maximum Gasteiger partial charge on any atom is 0.0976 e. The molecule has 1 atom stereocenters. The molecule has 1 aromatic rings. The third-order valence-electron chi connectivity index (χ3n) is 2.98. The van der Waals surface area contributed by atoms with E-state index in [1.165, 1.54) is 5.56 Å². The lowest BCUT2D eigenvalue weighted by Crippen LogP contribution is -2.27. The number of pyridine rings is 1. The third-order valence-corrected chi connectivity index (χ3v) is 2.98. The quantitative estimate of drug-likeness (QED) is 0.686. The summed E-state index contributed by atoms with van der Waals surface area (Å²) in [5, 5.41) is 6.83. The molecular formula is C15H27N3O2. The zero-order valence-electron chi connectivity index (χ0n) is 13.0. The summed E-state index contributed by atoms with van der Waals surface area (Å²) in [4.78, 5) is 4.19. The first-order valence-electron chi connectivity index (χ1n) is 7.06. The highest BCUT2D eigenvalue weighted by Crippen LogP contribution is 2.13. The van der Waals surface area contributed by atoms with Crippen LogP contribution in [0.3, 0.4) is 0 Å². The van der Waals surface area contributed by atoms with E-state index in [0.717, 1.165) is 18.8 Å². The predicted octanol–water partition coefficient (Wildman–Crippen LogP) is 1.90. The average Bonchev–Trinajstić information content (AvgIpc) is 2.44. The van der Waals surface area contributed by atoms with Crippen molar-refractivity contribution in [2.45, 2.75) is 26.5 Å². The molecule has 0 saturated carbocycles. The highest BCUT2D eigenvalue weighted by atomic mass is 16.5. The zero-order valence-corrected chi connectivity index (χ0v) is 13.0. The van der Waals surface area contributed by atoms with Gasteiger partial charge in [0.05, 0.1) is 12.7 Å². The number of aromatic nitrogens is 1. The van der Waals surface area contributed by atoms with Crippen LogP contribution in [0.1, 0.15) is 19.4 Å². The SMILES string of the molecule is COCC(CNc1ccncc1CNCC(C)C)OC. The molecule has 1 aromatic heterocycles. The molecule has 1 unspecified atom stereocenters. The number of nitrogens with zero attached hydrogens (tertiary/aromatic N) is 1. The third kappa shape index (κ3) is 6.32. The van der Waals surface area contributed by atoms with Crippen molar-refractivity contribution in [2.24, 2.45) is 5.92 Å². The number of hydrogen-bond donors (Lipinski definition) is 2. The van der Waals surface area contributed by atoms with Gasteiger partial charge in [-0.3, -0.25) is 4.98 Å². The second-order valence-electron chi connectivity index (χ2n) is 5.25. The van der Waals surface area contributed by atoms with Gasteiger partial charge in [-0.2, -0.15) is 0 Å². The molecule has 5 heteroatoms. The van der Waals surface area contributed by atoms with Crippen LogP contribution in [0, 0.1) is 5.92 Å². The molecule has 0 amide bonds. The Bertz CT molecular complexity index is 372. The lowest BCUT2D eigenvalue weighted by atomic mass is 10.2. The van der Waals surface area contributed by atoms with Gasteiger partial charge in [0, 0.05) is 51.0 Å². The molecule has 1 heterocycles. The number of hydrogen-bond acceptors (Lipinski definition) is 5. The summed E-state index contributed by atoms with van der Waals surface area (Å²) in [5.74, 6) is 0.641. The van der Waals surface area contributed by atoms with Crippen molar-refractivity contribution in [3.05, 3.63) is 24.0 Å². The van der Waals surface area contributed by atoms with Gasteiger partial charge in [-0.25, -0.2) is 0 Å². The van der Waals surface area contributed by atoms with Crippen LogP contribution in [0.25, 0.3) is 0 Å². The summed E-state index contributed by atoms with van der Waals surface area (Å²) in [6, 6.07) is 1.99. The molecule has 114 valence electrons. The monoisotopic (exact) mass is 281 g/mol. The van der Waals surface area contributed by atoms with E-state index in [0.29, 0.717) is 19.1 Å². The Kier molecular flexibility index (Phi) is 8.18. The molecule has 0 fully saturated rings. The molecule has 0 aromatic carbocycles. The Morgan fingerprint density at radius 2 is 2.05 bits per heavy atom. The summed E-state index contributed by atoms with van der Waals surface area (Å²) in [6.07, 6.45) is 3.74. The predicted molar refractivity (Wildman–Crippen MR) is 81.9 cm³/mol. The molecule has 0 spiro atoms. The Labute approximate surface area is 122 Å². The van der Waals surface area contributed by atoms with Crippen molar-refractivity contribution in [1.29, 1.82) is 0 Å². The van der Waals surface area contributed by atoms with Crippen LogP contribution in [-0.2, 0) is 16.0 Å². The highest BCUT2D eigenvalue weighted by Gasteiger charge is 2.08. The van der Waals surface area contributed by atoms with E-state index in [9.17, 15) is 0 Å². The number of nitrogens with one attached hydrogen (secondary N) is 2. The molecule has 2 N–H and O–H groups in total. The van der Waals surface area contributed by atoms with Crippen LogP contribution in [-0.4, -0.2) is 45.0 Å². The largest absolute Gasteiger partial charge is 0.382 e. The molecule has 0 aliphatic carbocycles. The zero-order chi connectivity index (χ0) is 14.8. The molecule has 0 radical (unpaired) electrons. The van der Waals surface area contributed by atoms with E-state index >= 15 is 0 Å².